The molecule has 0 saturated heterocycles. The summed E-state index contributed by atoms with van der Waals surface area (Å²) in [7, 11) is 0. The molecule has 2 aromatic carbocycles. The summed E-state index contributed by atoms with van der Waals surface area (Å²) >= 11 is 0.880. The molecule has 174 valence electrons. The molecule has 12 heteroatoms. The Morgan fingerprint density at radius 2 is 1.44 bits per heavy atom. The summed E-state index contributed by atoms with van der Waals surface area (Å²) in [6.07, 6.45) is -3.70. The van der Waals surface area contributed by atoms with Gasteiger partial charge < -0.3 is 10.6 Å². The number of benzene rings is 2. The van der Waals surface area contributed by atoms with E-state index < -0.39 is 52.4 Å². The van der Waals surface area contributed by atoms with Gasteiger partial charge in [0, 0.05) is 17.0 Å². The highest BCUT2D eigenvalue weighted by Crippen LogP contribution is 2.38. The maximum Gasteiger partial charge on any atom is 0.422 e. The lowest BCUT2D eigenvalue weighted by Crippen LogP contribution is -2.21. The lowest BCUT2D eigenvalue weighted by molar-refractivity contribution is -0.143. The molecule has 4 nitrogen and oxygen atoms in total. The van der Waals surface area contributed by atoms with Crippen molar-refractivity contribution in [2.45, 2.75) is 37.3 Å². The van der Waals surface area contributed by atoms with E-state index in [-0.39, 0.29) is 5.91 Å². The van der Waals surface area contributed by atoms with Crippen LogP contribution in [0.3, 0.4) is 0 Å². The highest BCUT2D eigenvalue weighted by molar-refractivity contribution is 8.00. The van der Waals surface area contributed by atoms with Gasteiger partial charge in [0.15, 0.2) is 23.3 Å². The fourth-order valence-corrected chi connectivity index (χ4v) is 3.21. The van der Waals surface area contributed by atoms with Crippen LogP contribution in [0.25, 0.3) is 0 Å². The largest absolute Gasteiger partial charge is 0.422 e. The highest BCUT2D eigenvalue weighted by Gasteiger charge is 2.42. The lowest BCUT2D eigenvalue weighted by atomic mass is 10.1. The van der Waals surface area contributed by atoms with Gasteiger partial charge in [-0.15, -0.1) is 11.8 Å². The van der Waals surface area contributed by atoms with Crippen molar-refractivity contribution in [3.05, 3.63) is 53.1 Å². The van der Waals surface area contributed by atoms with Crippen molar-refractivity contribution < 1.29 is 40.3 Å². The van der Waals surface area contributed by atoms with Crippen LogP contribution in [0.5, 0.6) is 0 Å². The fourth-order valence-electron chi connectivity index (χ4n) is 2.51. The fraction of sp³-hybridized carbons (Fsp3) is 0.300. The molecule has 0 bridgehead atoms. The maximum atomic E-state index is 13.8. The van der Waals surface area contributed by atoms with Crippen molar-refractivity contribution in [3.63, 3.8) is 0 Å². The third-order valence-electron chi connectivity index (χ3n) is 4.08. The third-order valence-corrected chi connectivity index (χ3v) is 5.09. The zero-order valence-electron chi connectivity index (χ0n) is 16.5. The molecule has 0 saturated carbocycles. The molecule has 0 atom stereocenters. The van der Waals surface area contributed by atoms with Crippen molar-refractivity contribution in [2.24, 2.45) is 0 Å². The molecule has 2 amide bonds. The van der Waals surface area contributed by atoms with Gasteiger partial charge in [-0.1, -0.05) is 13.3 Å². The van der Waals surface area contributed by atoms with Crippen molar-refractivity contribution in [1.29, 1.82) is 0 Å². The van der Waals surface area contributed by atoms with E-state index in [0.29, 0.717) is 17.0 Å². The Bertz CT molecular complexity index is 966. The van der Waals surface area contributed by atoms with Crippen molar-refractivity contribution >= 4 is 35.0 Å². The number of anilines is 2. The first-order valence-corrected chi connectivity index (χ1v) is 10.2. The van der Waals surface area contributed by atoms with Crippen molar-refractivity contribution in [1.82, 2.24) is 0 Å². The summed E-state index contributed by atoms with van der Waals surface area (Å²) in [5.41, 5.74) is -3.86. The van der Waals surface area contributed by atoms with E-state index in [1.54, 1.807) is 29.6 Å². The van der Waals surface area contributed by atoms with Gasteiger partial charge in [-0.05, 0) is 30.7 Å². The van der Waals surface area contributed by atoms with Gasteiger partial charge in [0.05, 0.1) is 5.75 Å². The first-order valence-electron chi connectivity index (χ1n) is 9.21. The maximum absolute atomic E-state index is 13.8. The number of halogens is 7. The number of unbranched alkanes of at least 4 members (excludes halogenated alkanes) is 1. The molecule has 0 aliphatic carbocycles. The first-order chi connectivity index (χ1) is 15.0. The summed E-state index contributed by atoms with van der Waals surface area (Å²) in [4.78, 5) is 24.1. The Labute approximate surface area is 182 Å². The molecule has 2 aromatic rings. The van der Waals surface area contributed by atoms with E-state index >= 15 is 0 Å². The Hall–Kier alpha value is -2.76. The van der Waals surface area contributed by atoms with E-state index in [9.17, 15) is 40.3 Å². The predicted octanol–water partition coefficient (Wildman–Crippen LogP) is 6.12. The number of thioether (sulfide) groups is 1. The van der Waals surface area contributed by atoms with Gasteiger partial charge in [0.2, 0.25) is 11.8 Å². The van der Waals surface area contributed by atoms with Gasteiger partial charge in [0.25, 0.3) is 0 Å². The Kier molecular flexibility index (Phi) is 8.53. The average Bonchev–Trinajstić information content (AvgIpc) is 2.72. The van der Waals surface area contributed by atoms with Crippen LogP contribution in [-0.2, 0) is 15.8 Å². The summed E-state index contributed by atoms with van der Waals surface area (Å²) in [6.45, 7) is 1.95. The first kappa shape index (κ1) is 25.5. The van der Waals surface area contributed by atoms with E-state index in [4.69, 9.17) is 0 Å². The smallest absolute Gasteiger partial charge is 0.326 e. The quantitative estimate of drug-likeness (QED) is 0.271. The van der Waals surface area contributed by atoms with Gasteiger partial charge in [0.1, 0.15) is 11.3 Å². The minimum absolute atomic E-state index is 0.160. The summed E-state index contributed by atoms with van der Waals surface area (Å²) < 4.78 is 92.7. The van der Waals surface area contributed by atoms with E-state index in [0.717, 1.165) is 24.6 Å². The van der Waals surface area contributed by atoms with Gasteiger partial charge in [-0.25, -0.2) is 17.6 Å². The van der Waals surface area contributed by atoms with Crippen LogP contribution in [0.1, 0.15) is 31.7 Å². The van der Waals surface area contributed by atoms with E-state index in [1.807, 2.05) is 6.92 Å². The molecule has 0 unspecified atom stereocenters. The van der Waals surface area contributed by atoms with Crippen molar-refractivity contribution in [3.8, 4) is 0 Å². The normalized spacial score (nSPS) is 11.4. The van der Waals surface area contributed by atoms with E-state index in [2.05, 4.69) is 5.32 Å². The molecule has 0 aliphatic heterocycles. The molecule has 2 rings (SSSR count). The van der Waals surface area contributed by atoms with Crippen LogP contribution < -0.4 is 10.6 Å². The second-order valence-electron chi connectivity index (χ2n) is 6.52. The van der Waals surface area contributed by atoms with Gasteiger partial charge in [-0.2, -0.15) is 13.2 Å². The molecular formula is C20H17F7N2O2S. The molecule has 0 radical (unpaired) electrons. The van der Waals surface area contributed by atoms with E-state index in [1.165, 1.54) is 0 Å². The SMILES string of the molecule is CCCCC(=O)Nc1ccc(SCC(=O)Nc2c(F)c(F)c(C(F)(F)F)c(F)c2F)cc1. The number of alkyl halides is 3. The molecule has 2 N–H and O–H groups in total. The second kappa shape index (κ2) is 10.7. The lowest BCUT2D eigenvalue weighted by Gasteiger charge is -2.14. The molecule has 0 fully saturated rings. The Balaban J connectivity index is 2.02. The van der Waals surface area contributed by atoms with Gasteiger partial charge in [-0.3, -0.25) is 9.59 Å². The Morgan fingerprint density at radius 3 is 1.94 bits per heavy atom. The number of carbonyl (C=O) groups excluding carboxylic acids is 2. The molecule has 0 aliphatic rings. The molecule has 32 heavy (non-hydrogen) atoms. The standard InChI is InChI=1S/C20H17F7N2O2S/c1-2-3-4-12(30)28-10-5-7-11(8-6-10)32-9-13(31)29-19-17(23)15(21)14(20(25,26)27)16(22)18(19)24/h5-8H,2-4,9H2,1H3,(H,28,30)(H,29,31). The third kappa shape index (κ3) is 6.38. The molecular weight excluding hydrogens is 465 g/mol. The van der Waals surface area contributed by atoms with Crippen molar-refractivity contribution in [2.75, 3.05) is 16.4 Å². The number of carbonyl (C=O) groups is 2. The number of amides is 2. The summed E-state index contributed by atoms with van der Waals surface area (Å²) in [5.74, 6) is -11.8. The number of hydrogen-bond acceptors (Lipinski definition) is 3. The monoisotopic (exact) mass is 482 g/mol. The second-order valence-corrected chi connectivity index (χ2v) is 7.57. The summed E-state index contributed by atoms with van der Waals surface area (Å²) in [5, 5.41) is 4.23. The number of nitrogens with one attached hydrogen (secondary N) is 2. The average molecular weight is 482 g/mol. The number of hydrogen-bond donors (Lipinski definition) is 2. The Morgan fingerprint density at radius 1 is 0.875 bits per heavy atom. The van der Waals surface area contributed by atoms with Crippen LogP contribution in [0.4, 0.5) is 42.1 Å². The minimum Gasteiger partial charge on any atom is -0.326 e. The zero-order valence-corrected chi connectivity index (χ0v) is 17.3. The van der Waals surface area contributed by atoms with Crippen LogP contribution in [0.15, 0.2) is 29.2 Å². The van der Waals surface area contributed by atoms with Crippen LogP contribution in [0.2, 0.25) is 0 Å². The number of rotatable bonds is 8. The molecule has 0 aromatic heterocycles. The topological polar surface area (TPSA) is 58.2 Å². The highest BCUT2D eigenvalue weighted by atomic mass is 32.2. The van der Waals surface area contributed by atoms with Crippen LogP contribution >= 0.6 is 11.8 Å². The zero-order chi connectivity index (χ0) is 24.1. The minimum atomic E-state index is -5.67. The van der Waals surface area contributed by atoms with Gasteiger partial charge >= 0.3 is 6.18 Å². The van der Waals surface area contributed by atoms with Crippen LogP contribution in [-0.4, -0.2) is 17.6 Å². The molecule has 0 spiro atoms. The predicted molar refractivity (Wildman–Crippen MR) is 105 cm³/mol. The van der Waals surface area contributed by atoms with Crippen LogP contribution in [0, 0.1) is 23.3 Å². The summed E-state index contributed by atoms with van der Waals surface area (Å²) in [6, 6.07) is 6.21. The molecule has 0 heterocycles.